The first-order valence-electron chi connectivity index (χ1n) is 4.51. The van der Waals surface area contributed by atoms with Crippen molar-refractivity contribution in [2.45, 2.75) is 13.3 Å². The molecule has 0 aromatic carbocycles. The maximum atomic E-state index is 11.7. The lowest BCUT2D eigenvalue weighted by molar-refractivity contribution is -0.137. The van der Waals surface area contributed by atoms with E-state index in [1.165, 1.54) is 11.2 Å². The largest absolute Gasteiger partial charge is 0.480 e. The van der Waals surface area contributed by atoms with Crippen LogP contribution >= 0.6 is 0 Å². The van der Waals surface area contributed by atoms with Crippen LogP contribution in [0.25, 0.3) is 0 Å². The first kappa shape index (κ1) is 11.2. The number of amides is 1. The zero-order valence-corrected chi connectivity index (χ0v) is 8.30. The average molecular weight is 212 g/mol. The van der Waals surface area contributed by atoms with Crippen LogP contribution in [-0.2, 0) is 4.79 Å². The van der Waals surface area contributed by atoms with Gasteiger partial charge in [-0.25, -0.2) is 4.98 Å². The first-order valence-corrected chi connectivity index (χ1v) is 4.51. The van der Waals surface area contributed by atoms with Crippen LogP contribution in [0.2, 0.25) is 0 Å². The molecule has 0 aliphatic rings. The molecule has 7 heteroatoms. The molecule has 0 unspecified atom stereocenters. The number of aromatic nitrogens is 3. The summed E-state index contributed by atoms with van der Waals surface area (Å²) in [6.45, 7) is 1.92. The van der Waals surface area contributed by atoms with Crippen molar-refractivity contribution in [1.82, 2.24) is 20.1 Å². The molecule has 0 fully saturated rings. The molecule has 0 saturated carbocycles. The topological polar surface area (TPSA) is 99.2 Å². The summed E-state index contributed by atoms with van der Waals surface area (Å²) < 4.78 is 0. The summed E-state index contributed by atoms with van der Waals surface area (Å²) in [5.41, 5.74) is 0. The van der Waals surface area contributed by atoms with E-state index in [-0.39, 0.29) is 12.4 Å². The SMILES string of the molecule is CCCN(CC(=O)O)C(=O)c1ncn[nH]1. The van der Waals surface area contributed by atoms with Gasteiger partial charge in [-0.05, 0) is 6.42 Å². The van der Waals surface area contributed by atoms with E-state index in [2.05, 4.69) is 15.2 Å². The van der Waals surface area contributed by atoms with Gasteiger partial charge in [0.2, 0.25) is 5.82 Å². The molecule has 0 atom stereocenters. The van der Waals surface area contributed by atoms with Gasteiger partial charge in [-0.2, -0.15) is 5.10 Å². The maximum absolute atomic E-state index is 11.7. The van der Waals surface area contributed by atoms with Gasteiger partial charge in [-0.15, -0.1) is 0 Å². The van der Waals surface area contributed by atoms with Crippen molar-refractivity contribution in [2.24, 2.45) is 0 Å². The number of hydrogen-bond donors (Lipinski definition) is 2. The van der Waals surface area contributed by atoms with Gasteiger partial charge in [0.1, 0.15) is 12.9 Å². The third-order valence-corrected chi connectivity index (χ3v) is 1.72. The normalized spacial score (nSPS) is 9.93. The second-order valence-corrected chi connectivity index (χ2v) is 2.95. The monoisotopic (exact) mass is 212 g/mol. The summed E-state index contributed by atoms with van der Waals surface area (Å²) in [7, 11) is 0. The summed E-state index contributed by atoms with van der Waals surface area (Å²) in [6.07, 6.45) is 1.89. The van der Waals surface area contributed by atoms with E-state index in [1.807, 2.05) is 6.92 Å². The number of nitrogens with one attached hydrogen (secondary N) is 1. The van der Waals surface area contributed by atoms with Gasteiger partial charge in [0.25, 0.3) is 5.91 Å². The minimum absolute atomic E-state index is 0.0599. The van der Waals surface area contributed by atoms with Crippen LogP contribution in [0, 0.1) is 0 Å². The third-order valence-electron chi connectivity index (χ3n) is 1.72. The van der Waals surface area contributed by atoms with Gasteiger partial charge in [-0.1, -0.05) is 6.92 Å². The Labute approximate surface area is 86.1 Å². The molecule has 0 bridgehead atoms. The molecule has 15 heavy (non-hydrogen) atoms. The van der Waals surface area contributed by atoms with Crippen molar-refractivity contribution in [2.75, 3.05) is 13.1 Å². The van der Waals surface area contributed by atoms with Crippen molar-refractivity contribution in [3.63, 3.8) is 0 Å². The van der Waals surface area contributed by atoms with Crippen molar-refractivity contribution < 1.29 is 14.7 Å². The van der Waals surface area contributed by atoms with Gasteiger partial charge < -0.3 is 10.0 Å². The molecule has 0 radical (unpaired) electrons. The minimum Gasteiger partial charge on any atom is -0.480 e. The third kappa shape index (κ3) is 3.04. The lowest BCUT2D eigenvalue weighted by atomic mass is 10.3. The van der Waals surface area contributed by atoms with E-state index in [9.17, 15) is 9.59 Å². The number of carboxylic acids is 1. The van der Waals surface area contributed by atoms with Crippen LogP contribution in [0.5, 0.6) is 0 Å². The summed E-state index contributed by atoms with van der Waals surface area (Å²) in [5, 5.41) is 14.6. The number of carboxylic acid groups (broad SMARTS) is 1. The van der Waals surface area contributed by atoms with Crippen LogP contribution < -0.4 is 0 Å². The Morgan fingerprint density at radius 3 is 2.80 bits per heavy atom. The first-order chi connectivity index (χ1) is 7.15. The fourth-order valence-electron chi connectivity index (χ4n) is 1.14. The molecule has 1 aromatic rings. The van der Waals surface area contributed by atoms with Gasteiger partial charge in [0.15, 0.2) is 0 Å². The van der Waals surface area contributed by atoms with E-state index in [1.54, 1.807) is 0 Å². The Balaban J connectivity index is 2.71. The molecule has 2 N–H and O–H groups in total. The molecule has 7 nitrogen and oxygen atoms in total. The van der Waals surface area contributed by atoms with E-state index >= 15 is 0 Å². The second-order valence-electron chi connectivity index (χ2n) is 2.95. The van der Waals surface area contributed by atoms with Gasteiger partial charge in [-0.3, -0.25) is 14.7 Å². The van der Waals surface area contributed by atoms with Crippen molar-refractivity contribution in [1.29, 1.82) is 0 Å². The van der Waals surface area contributed by atoms with Gasteiger partial charge in [0.05, 0.1) is 0 Å². The lowest BCUT2D eigenvalue weighted by Crippen LogP contribution is -2.36. The Hall–Kier alpha value is -1.92. The number of rotatable bonds is 5. The second kappa shape index (κ2) is 5.08. The molecule has 82 valence electrons. The fraction of sp³-hybridized carbons (Fsp3) is 0.500. The molecule has 1 heterocycles. The molecule has 0 saturated heterocycles. The molecular formula is C8H12N4O3. The molecule has 0 spiro atoms. The highest BCUT2D eigenvalue weighted by Gasteiger charge is 2.19. The smallest absolute Gasteiger partial charge is 0.323 e. The number of carbonyl (C=O) groups is 2. The predicted octanol–water partition coefficient (Wildman–Crippen LogP) is -0.259. The number of nitrogens with zero attached hydrogens (tertiary/aromatic N) is 3. The average Bonchev–Trinajstić information content (AvgIpc) is 2.68. The summed E-state index contributed by atoms with van der Waals surface area (Å²) >= 11 is 0. The number of carbonyl (C=O) groups excluding carboxylic acids is 1. The number of aliphatic carboxylic acids is 1. The quantitative estimate of drug-likeness (QED) is 0.700. The Morgan fingerprint density at radius 1 is 1.60 bits per heavy atom. The van der Waals surface area contributed by atoms with Crippen molar-refractivity contribution >= 4 is 11.9 Å². The summed E-state index contributed by atoms with van der Waals surface area (Å²) in [4.78, 5) is 27.1. The van der Waals surface area contributed by atoms with Crippen LogP contribution in [0.4, 0.5) is 0 Å². The highest BCUT2D eigenvalue weighted by Crippen LogP contribution is 1.99. The Bertz CT molecular complexity index is 336. The van der Waals surface area contributed by atoms with Crippen molar-refractivity contribution in [3.8, 4) is 0 Å². The number of hydrogen-bond acceptors (Lipinski definition) is 4. The Morgan fingerprint density at radius 2 is 2.33 bits per heavy atom. The van der Waals surface area contributed by atoms with Crippen molar-refractivity contribution in [3.05, 3.63) is 12.2 Å². The minimum atomic E-state index is -1.05. The molecule has 1 amide bonds. The molecule has 1 aromatic heterocycles. The van der Waals surface area contributed by atoms with Crippen LogP contribution in [0.1, 0.15) is 24.0 Å². The van der Waals surface area contributed by atoms with E-state index < -0.39 is 11.9 Å². The molecule has 1 rings (SSSR count). The Kier molecular flexibility index (Phi) is 3.78. The van der Waals surface area contributed by atoms with Crippen LogP contribution in [-0.4, -0.2) is 50.2 Å². The maximum Gasteiger partial charge on any atom is 0.323 e. The van der Waals surface area contributed by atoms with Gasteiger partial charge in [0, 0.05) is 6.54 Å². The summed E-state index contributed by atoms with van der Waals surface area (Å²) in [5.74, 6) is -1.43. The molecular weight excluding hydrogens is 200 g/mol. The van der Waals surface area contributed by atoms with Crippen LogP contribution in [0.15, 0.2) is 6.33 Å². The van der Waals surface area contributed by atoms with E-state index in [0.29, 0.717) is 13.0 Å². The highest BCUT2D eigenvalue weighted by atomic mass is 16.4. The molecule has 0 aliphatic heterocycles. The summed E-state index contributed by atoms with van der Waals surface area (Å²) in [6, 6.07) is 0. The van der Waals surface area contributed by atoms with Crippen LogP contribution in [0.3, 0.4) is 0 Å². The number of aromatic amines is 1. The standard InChI is InChI=1S/C8H12N4O3/c1-2-3-12(4-6(13)14)8(15)7-9-5-10-11-7/h5H,2-4H2,1H3,(H,13,14)(H,9,10,11). The van der Waals surface area contributed by atoms with Gasteiger partial charge >= 0.3 is 5.97 Å². The zero-order valence-electron chi connectivity index (χ0n) is 8.30. The predicted molar refractivity (Wildman–Crippen MR) is 50.2 cm³/mol. The zero-order chi connectivity index (χ0) is 11.3. The fourth-order valence-corrected chi connectivity index (χ4v) is 1.14. The van der Waals surface area contributed by atoms with E-state index in [4.69, 9.17) is 5.11 Å². The molecule has 0 aliphatic carbocycles. The number of H-pyrrole nitrogens is 1. The highest BCUT2D eigenvalue weighted by molar-refractivity contribution is 5.92. The van der Waals surface area contributed by atoms with E-state index in [0.717, 1.165) is 0 Å². The lowest BCUT2D eigenvalue weighted by Gasteiger charge is -2.17.